The Hall–Kier alpha value is -1.01. The van der Waals surface area contributed by atoms with Crippen LogP contribution in [-0.2, 0) is 4.79 Å². The second kappa shape index (κ2) is 7.51. The molecule has 2 rings (SSSR count). The van der Waals surface area contributed by atoms with Crippen LogP contribution in [0.4, 0.5) is 0 Å². The summed E-state index contributed by atoms with van der Waals surface area (Å²) in [5.74, 6) is 0.159. The van der Waals surface area contributed by atoms with Crippen molar-refractivity contribution in [1.29, 1.82) is 0 Å². The molecular weight excluding hydrogens is 327 g/mol. The molecule has 0 radical (unpaired) electrons. The summed E-state index contributed by atoms with van der Waals surface area (Å²) < 4.78 is 0. The van der Waals surface area contributed by atoms with Crippen molar-refractivity contribution in [1.82, 2.24) is 10.6 Å². The molecule has 3 atom stereocenters. The fourth-order valence-electron chi connectivity index (χ4n) is 2.71. The first-order chi connectivity index (χ1) is 10.4. The van der Waals surface area contributed by atoms with Crippen LogP contribution in [0.15, 0.2) is 12.1 Å². The molecule has 1 saturated heterocycles. The van der Waals surface area contributed by atoms with Crippen LogP contribution in [-0.4, -0.2) is 35.3 Å². The van der Waals surface area contributed by atoms with Crippen molar-refractivity contribution in [3.05, 3.63) is 27.7 Å². The predicted octanol–water partition coefficient (Wildman–Crippen LogP) is 2.24. The average Bonchev–Trinajstić information content (AvgIpc) is 2.91. The lowest BCUT2D eigenvalue weighted by molar-refractivity contribution is -0.122. The summed E-state index contributed by atoms with van der Waals surface area (Å²) in [7, 11) is 0. The number of benzene rings is 1. The number of rotatable bonds is 5. The Bertz CT molecular complexity index is 554. The Morgan fingerprint density at radius 3 is 2.91 bits per heavy atom. The lowest BCUT2D eigenvalue weighted by Crippen LogP contribution is -2.36. The SMILES string of the molecule is C[C@H](CO)NC(=O)C[C@H]1CN[C@@H](c2c(O)ccc(Cl)c2Cl)C1. The first-order valence-electron chi connectivity index (χ1n) is 7.22. The number of nitrogens with one attached hydrogen (secondary N) is 2. The Morgan fingerprint density at radius 1 is 1.50 bits per heavy atom. The van der Waals surface area contributed by atoms with Gasteiger partial charge in [0.15, 0.2) is 0 Å². The van der Waals surface area contributed by atoms with Gasteiger partial charge in [-0.05, 0) is 37.9 Å². The average molecular weight is 347 g/mol. The molecule has 0 saturated carbocycles. The monoisotopic (exact) mass is 346 g/mol. The van der Waals surface area contributed by atoms with Crippen molar-refractivity contribution in [2.45, 2.75) is 31.8 Å². The van der Waals surface area contributed by atoms with E-state index in [1.54, 1.807) is 13.0 Å². The third-order valence-electron chi connectivity index (χ3n) is 3.84. The maximum atomic E-state index is 11.9. The van der Waals surface area contributed by atoms with Crippen LogP contribution in [0.1, 0.15) is 31.4 Å². The van der Waals surface area contributed by atoms with Gasteiger partial charge in [-0.1, -0.05) is 23.2 Å². The van der Waals surface area contributed by atoms with E-state index in [4.69, 9.17) is 28.3 Å². The van der Waals surface area contributed by atoms with Gasteiger partial charge in [0.05, 0.1) is 16.7 Å². The van der Waals surface area contributed by atoms with E-state index in [1.807, 2.05) is 0 Å². The van der Waals surface area contributed by atoms with Crippen molar-refractivity contribution in [3.8, 4) is 5.75 Å². The van der Waals surface area contributed by atoms with Crippen LogP contribution in [0.2, 0.25) is 10.0 Å². The first-order valence-corrected chi connectivity index (χ1v) is 7.98. The maximum Gasteiger partial charge on any atom is 0.220 e. The lowest BCUT2D eigenvalue weighted by atomic mass is 9.96. The highest BCUT2D eigenvalue weighted by atomic mass is 35.5. The van der Waals surface area contributed by atoms with Gasteiger partial charge in [0.2, 0.25) is 5.91 Å². The maximum absolute atomic E-state index is 11.9. The van der Waals surface area contributed by atoms with E-state index in [9.17, 15) is 9.90 Å². The molecule has 1 aromatic carbocycles. The summed E-state index contributed by atoms with van der Waals surface area (Å²) in [6, 6.07) is 2.70. The van der Waals surface area contributed by atoms with E-state index in [2.05, 4.69) is 10.6 Å². The highest BCUT2D eigenvalue weighted by molar-refractivity contribution is 6.42. The zero-order chi connectivity index (χ0) is 16.3. The molecular formula is C15H20Cl2N2O3. The molecule has 0 spiro atoms. The molecule has 4 N–H and O–H groups in total. The van der Waals surface area contributed by atoms with Gasteiger partial charge < -0.3 is 20.8 Å². The van der Waals surface area contributed by atoms with E-state index < -0.39 is 0 Å². The van der Waals surface area contributed by atoms with Crippen LogP contribution >= 0.6 is 23.2 Å². The summed E-state index contributed by atoms with van der Waals surface area (Å²) in [4.78, 5) is 11.9. The Kier molecular flexibility index (Phi) is 5.92. The number of phenols is 1. The molecule has 0 bridgehead atoms. The molecule has 5 nitrogen and oxygen atoms in total. The molecule has 1 aromatic rings. The van der Waals surface area contributed by atoms with Crippen LogP contribution in [0.3, 0.4) is 0 Å². The first kappa shape index (κ1) is 17.3. The van der Waals surface area contributed by atoms with E-state index >= 15 is 0 Å². The van der Waals surface area contributed by atoms with Crippen molar-refractivity contribution in [2.75, 3.05) is 13.2 Å². The van der Waals surface area contributed by atoms with Gasteiger partial charge >= 0.3 is 0 Å². The summed E-state index contributed by atoms with van der Waals surface area (Å²) in [5, 5.41) is 25.7. The number of aliphatic hydroxyl groups excluding tert-OH is 1. The van der Waals surface area contributed by atoms with Gasteiger partial charge in [0.25, 0.3) is 0 Å². The Morgan fingerprint density at radius 2 is 2.23 bits per heavy atom. The highest BCUT2D eigenvalue weighted by Gasteiger charge is 2.30. The van der Waals surface area contributed by atoms with Crippen molar-refractivity contribution < 1.29 is 15.0 Å². The molecule has 0 aromatic heterocycles. The number of amides is 1. The Balaban J connectivity index is 1.99. The molecule has 1 amide bonds. The van der Waals surface area contributed by atoms with E-state index in [0.717, 1.165) is 0 Å². The molecule has 1 aliphatic rings. The van der Waals surface area contributed by atoms with Crippen molar-refractivity contribution >= 4 is 29.1 Å². The molecule has 122 valence electrons. The number of carbonyl (C=O) groups excluding carboxylic acids is 1. The fraction of sp³-hybridized carbons (Fsp3) is 0.533. The number of hydrogen-bond acceptors (Lipinski definition) is 4. The second-order valence-electron chi connectivity index (χ2n) is 5.71. The number of aliphatic hydroxyl groups is 1. The smallest absolute Gasteiger partial charge is 0.220 e. The zero-order valence-corrected chi connectivity index (χ0v) is 13.8. The summed E-state index contributed by atoms with van der Waals surface area (Å²) >= 11 is 12.2. The van der Waals surface area contributed by atoms with Crippen molar-refractivity contribution in [2.24, 2.45) is 5.92 Å². The number of halogens is 2. The van der Waals surface area contributed by atoms with E-state index in [0.29, 0.717) is 35.0 Å². The summed E-state index contributed by atoms with van der Waals surface area (Å²) in [6.45, 7) is 2.33. The van der Waals surface area contributed by atoms with Gasteiger partial charge in [-0.2, -0.15) is 0 Å². The normalized spacial score (nSPS) is 22.5. The third kappa shape index (κ3) is 4.04. The second-order valence-corrected chi connectivity index (χ2v) is 6.50. The molecule has 7 heteroatoms. The van der Waals surface area contributed by atoms with Gasteiger partial charge in [0.1, 0.15) is 5.75 Å². The van der Waals surface area contributed by atoms with E-state index in [1.165, 1.54) is 6.07 Å². The molecule has 0 aliphatic carbocycles. The largest absolute Gasteiger partial charge is 0.508 e. The topological polar surface area (TPSA) is 81.6 Å². The van der Waals surface area contributed by atoms with Gasteiger partial charge in [-0.3, -0.25) is 4.79 Å². The molecule has 22 heavy (non-hydrogen) atoms. The predicted molar refractivity (Wildman–Crippen MR) is 86.3 cm³/mol. The molecule has 1 fully saturated rings. The third-order valence-corrected chi connectivity index (χ3v) is 4.65. The van der Waals surface area contributed by atoms with Gasteiger partial charge in [0, 0.05) is 24.1 Å². The quantitative estimate of drug-likeness (QED) is 0.659. The molecule has 1 aliphatic heterocycles. The standard InChI is InChI=1S/C15H20Cl2N2O3/c1-8(7-20)19-13(22)5-9-4-11(18-6-9)14-12(21)3-2-10(16)15(14)17/h2-3,8-9,11,18,20-21H,4-7H2,1H3,(H,19,22)/t8-,9+,11-/m1/s1. The molecule has 0 unspecified atom stereocenters. The van der Waals surface area contributed by atoms with Crippen LogP contribution in [0.5, 0.6) is 5.75 Å². The number of aromatic hydroxyl groups is 1. The molecule has 1 heterocycles. The lowest BCUT2D eigenvalue weighted by Gasteiger charge is -2.16. The van der Waals surface area contributed by atoms with Crippen LogP contribution in [0, 0.1) is 5.92 Å². The Labute approximate surface area is 139 Å². The number of phenolic OH excluding ortho intramolecular Hbond substituents is 1. The minimum Gasteiger partial charge on any atom is -0.508 e. The van der Waals surface area contributed by atoms with Crippen LogP contribution < -0.4 is 10.6 Å². The highest BCUT2D eigenvalue weighted by Crippen LogP contribution is 2.41. The fourth-order valence-corrected chi connectivity index (χ4v) is 3.17. The van der Waals surface area contributed by atoms with Gasteiger partial charge in [-0.25, -0.2) is 0 Å². The van der Waals surface area contributed by atoms with E-state index in [-0.39, 0.29) is 36.3 Å². The van der Waals surface area contributed by atoms with Gasteiger partial charge in [-0.15, -0.1) is 0 Å². The minimum atomic E-state index is -0.246. The summed E-state index contributed by atoms with van der Waals surface area (Å²) in [5.41, 5.74) is 0.584. The minimum absolute atomic E-state index is 0.0801. The van der Waals surface area contributed by atoms with Crippen LogP contribution in [0.25, 0.3) is 0 Å². The number of hydrogen-bond donors (Lipinski definition) is 4. The zero-order valence-electron chi connectivity index (χ0n) is 12.3. The summed E-state index contributed by atoms with van der Waals surface area (Å²) in [6.07, 6.45) is 1.06. The van der Waals surface area contributed by atoms with Crippen molar-refractivity contribution in [3.63, 3.8) is 0 Å². The number of carbonyl (C=O) groups is 1.